The van der Waals surface area contributed by atoms with Crippen molar-refractivity contribution in [2.24, 2.45) is 0 Å². The van der Waals surface area contributed by atoms with E-state index in [2.05, 4.69) is 6.07 Å². The Morgan fingerprint density at radius 3 is 2.61 bits per heavy atom. The van der Waals surface area contributed by atoms with Gasteiger partial charge in [0.2, 0.25) is 0 Å². The second-order valence-electron chi connectivity index (χ2n) is 7.16. The maximum absolute atomic E-state index is 12.7. The van der Waals surface area contributed by atoms with Gasteiger partial charge in [-0.2, -0.15) is 0 Å². The fourth-order valence-electron chi connectivity index (χ4n) is 4.04. The first-order valence-corrected chi connectivity index (χ1v) is 9.42. The minimum absolute atomic E-state index is 0.0307. The molecule has 4 nitrogen and oxygen atoms in total. The van der Waals surface area contributed by atoms with Crippen LogP contribution in [0.4, 0.5) is 0 Å². The Balaban J connectivity index is 1.49. The highest BCUT2D eigenvalue weighted by Gasteiger charge is 2.17. The quantitative estimate of drug-likeness (QED) is 0.384. The van der Waals surface area contributed by atoms with Gasteiger partial charge in [-0.15, -0.1) is 0 Å². The van der Waals surface area contributed by atoms with Crippen LogP contribution >= 0.6 is 0 Å². The Bertz CT molecular complexity index is 1280. The number of carbonyl (C=O) groups is 1. The van der Waals surface area contributed by atoms with Crippen molar-refractivity contribution in [3.63, 3.8) is 0 Å². The van der Waals surface area contributed by atoms with Crippen molar-refractivity contribution in [1.29, 1.82) is 0 Å². The fourth-order valence-corrected chi connectivity index (χ4v) is 4.04. The van der Waals surface area contributed by atoms with E-state index in [4.69, 9.17) is 9.15 Å². The van der Waals surface area contributed by atoms with Crippen molar-refractivity contribution < 1.29 is 13.9 Å². The molecule has 138 valence electrons. The zero-order valence-electron chi connectivity index (χ0n) is 15.2. The van der Waals surface area contributed by atoms with Gasteiger partial charge in [-0.05, 0) is 59.4 Å². The van der Waals surface area contributed by atoms with Crippen LogP contribution in [0.2, 0.25) is 0 Å². The lowest BCUT2D eigenvalue weighted by molar-refractivity contribution is 0.0476. The molecular weight excluding hydrogens is 352 g/mol. The summed E-state index contributed by atoms with van der Waals surface area (Å²) >= 11 is 0. The molecule has 1 heterocycles. The number of carbonyl (C=O) groups excluding carboxylic acids is 1. The summed E-state index contributed by atoms with van der Waals surface area (Å²) in [6, 6.07) is 18.7. The SMILES string of the molecule is O=C(OCc1cc(=O)oc2cc3c(cc12)CCC3)c1cccc2ccccc12. The van der Waals surface area contributed by atoms with Crippen molar-refractivity contribution in [1.82, 2.24) is 0 Å². The first-order valence-electron chi connectivity index (χ1n) is 9.42. The van der Waals surface area contributed by atoms with Crippen LogP contribution in [-0.2, 0) is 24.2 Å². The lowest BCUT2D eigenvalue weighted by Crippen LogP contribution is -2.08. The molecule has 5 rings (SSSR count). The summed E-state index contributed by atoms with van der Waals surface area (Å²) in [5.74, 6) is -0.403. The molecule has 1 aliphatic carbocycles. The molecule has 0 aliphatic heterocycles. The predicted molar refractivity (Wildman–Crippen MR) is 108 cm³/mol. The van der Waals surface area contributed by atoms with E-state index in [0.717, 1.165) is 35.4 Å². The lowest BCUT2D eigenvalue weighted by Gasteiger charge is -2.10. The van der Waals surface area contributed by atoms with Crippen LogP contribution in [0.5, 0.6) is 0 Å². The second-order valence-corrected chi connectivity index (χ2v) is 7.16. The Morgan fingerprint density at radius 1 is 0.929 bits per heavy atom. The largest absolute Gasteiger partial charge is 0.457 e. The molecule has 28 heavy (non-hydrogen) atoms. The van der Waals surface area contributed by atoms with Gasteiger partial charge >= 0.3 is 11.6 Å². The van der Waals surface area contributed by atoms with Crippen LogP contribution in [0.25, 0.3) is 21.7 Å². The minimum Gasteiger partial charge on any atom is -0.457 e. The van der Waals surface area contributed by atoms with Crippen LogP contribution in [0, 0.1) is 0 Å². The molecule has 1 aliphatic rings. The number of ether oxygens (including phenoxy) is 1. The van der Waals surface area contributed by atoms with Crippen LogP contribution < -0.4 is 5.63 Å². The molecule has 0 fully saturated rings. The number of hydrogen-bond donors (Lipinski definition) is 0. The van der Waals surface area contributed by atoms with Crippen molar-refractivity contribution in [3.8, 4) is 0 Å². The molecule has 0 unspecified atom stereocenters. The monoisotopic (exact) mass is 370 g/mol. The Morgan fingerprint density at radius 2 is 1.71 bits per heavy atom. The number of fused-ring (bicyclic) bond motifs is 3. The maximum atomic E-state index is 12.7. The smallest absolute Gasteiger partial charge is 0.339 e. The van der Waals surface area contributed by atoms with E-state index in [9.17, 15) is 9.59 Å². The maximum Gasteiger partial charge on any atom is 0.339 e. The molecule has 0 N–H and O–H groups in total. The molecule has 0 saturated carbocycles. The van der Waals surface area contributed by atoms with Crippen molar-refractivity contribution in [3.05, 3.63) is 93.3 Å². The van der Waals surface area contributed by atoms with Gasteiger partial charge in [-0.25, -0.2) is 9.59 Å². The average Bonchev–Trinajstić information content (AvgIpc) is 3.17. The normalized spacial score (nSPS) is 13.0. The summed E-state index contributed by atoms with van der Waals surface area (Å²) in [6.45, 7) is 0.0307. The van der Waals surface area contributed by atoms with E-state index >= 15 is 0 Å². The van der Waals surface area contributed by atoms with E-state index < -0.39 is 11.6 Å². The number of hydrogen-bond acceptors (Lipinski definition) is 4. The van der Waals surface area contributed by atoms with Gasteiger partial charge < -0.3 is 9.15 Å². The average molecular weight is 370 g/mol. The molecule has 3 aromatic carbocycles. The Hall–Kier alpha value is -3.40. The third-order valence-corrected chi connectivity index (χ3v) is 5.41. The zero-order valence-corrected chi connectivity index (χ0v) is 15.2. The van der Waals surface area contributed by atoms with E-state index in [0.29, 0.717) is 16.7 Å². The topological polar surface area (TPSA) is 56.5 Å². The summed E-state index contributed by atoms with van der Waals surface area (Å²) < 4.78 is 11.0. The molecule has 1 aromatic heterocycles. The third-order valence-electron chi connectivity index (χ3n) is 5.41. The van der Waals surface area contributed by atoms with Crippen molar-refractivity contribution >= 4 is 27.7 Å². The van der Waals surface area contributed by atoms with Gasteiger partial charge in [0.15, 0.2) is 0 Å². The Labute approximate surface area is 161 Å². The van der Waals surface area contributed by atoms with Crippen molar-refractivity contribution in [2.75, 3.05) is 0 Å². The summed E-state index contributed by atoms with van der Waals surface area (Å²) in [4.78, 5) is 24.7. The van der Waals surface area contributed by atoms with E-state index in [1.165, 1.54) is 17.2 Å². The predicted octanol–water partition coefficient (Wildman–Crippen LogP) is 4.79. The van der Waals surface area contributed by atoms with E-state index in [1.54, 1.807) is 6.07 Å². The highest BCUT2D eigenvalue weighted by atomic mass is 16.5. The van der Waals surface area contributed by atoms with E-state index in [1.807, 2.05) is 42.5 Å². The molecular formula is C24H18O4. The van der Waals surface area contributed by atoms with Crippen molar-refractivity contribution in [2.45, 2.75) is 25.9 Å². The van der Waals surface area contributed by atoms with E-state index in [-0.39, 0.29) is 6.61 Å². The minimum atomic E-state index is -0.429. The fraction of sp³-hybridized carbons (Fsp3) is 0.167. The third kappa shape index (κ3) is 2.87. The van der Waals surface area contributed by atoms with Gasteiger partial charge in [0, 0.05) is 17.0 Å². The van der Waals surface area contributed by atoms with Gasteiger partial charge in [0.1, 0.15) is 12.2 Å². The molecule has 0 radical (unpaired) electrons. The van der Waals surface area contributed by atoms with Gasteiger partial charge in [0.25, 0.3) is 0 Å². The zero-order chi connectivity index (χ0) is 19.1. The summed E-state index contributed by atoms with van der Waals surface area (Å²) in [5.41, 5.74) is 3.84. The van der Waals surface area contributed by atoms with Crippen LogP contribution in [-0.4, -0.2) is 5.97 Å². The molecule has 0 saturated heterocycles. The number of rotatable bonds is 3. The molecule has 0 bridgehead atoms. The van der Waals surface area contributed by atoms with Crippen LogP contribution in [0.3, 0.4) is 0 Å². The number of benzene rings is 3. The first-order chi connectivity index (χ1) is 13.7. The molecule has 4 heteroatoms. The number of aryl methyl sites for hydroxylation is 2. The molecule has 0 atom stereocenters. The van der Waals surface area contributed by atoms with Gasteiger partial charge in [-0.1, -0.05) is 36.4 Å². The standard InChI is InChI=1S/C24H18O4/c25-23-13-18(21-11-16-7-3-8-17(16)12-22(21)28-23)14-27-24(26)20-10-4-6-15-5-1-2-9-19(15)20/h1-2,4-6,9-13H,3,7-8,14H2. The molecule has 0 amide bonds. The summed E-state index contributed by atoms with van der Waals surface area (Å²) in [7, 11) is 0. The van der Waals surface area contributed by atoms with Gasteiger partial charge in [0.05, 0.1) is 5.56 Å². The molecule has 0 spiro atoms. The first kappa shape index (κ1) is 16.8. The van der Waals surface area contributed by atoms with Gasteiger partial charge in [-0.3, -0.25) is 0 Å². The molecule has 4 aromatic rings. The Kier molecular flexibility index (Phi) is 3.97. The van der Waals surface area contributed by atoms with Crippen LogP contribution in [0.1, 0.15) is 33.5 Å². The summed E-state index contributed by atoms with van der Waals surface area (Å²) in [6.07, 6.45) is 3.15. The number of esters is 1. The lowest BCUT2D eigenvalue weighted by atomic mass is 10.0. The highest BCUT2D eigenvalue weighted by Crippen LogP contribution is 2.29. The summed E-state index contributed by atoms with van der Waals surface area (Å²) in [5, 5.41) is 2.68. The second kappa shape index (κ2) is 6.64. The van der Waals surface area contributed by atoms with Crippen LogP contribution in [0.15, 0.2) is 69.9 Å². The highest BCUT2D eigenvalue weighted by molar-refractivity contribution is 6.04.